The maximum absolute atomic E-state index is 13.3. The molecule has 2 heterocycles. The van der Waals surface area contributed by atoms with Crippen LogP contribution in [-0.4, -0.2) is 39.6 Å². The van der Waals surface area contributed by atoms with Crippen LogP contribution in [0.5, 0.6) is 0 Å². The second-order valence-corrected chi connectivity index (χ2v) is 4.33. The van der Waals surface area contributed by atoms with Crippen LogP contribution >= 0.6 is 0 Å². The fourth-order valence-corrected chi connectivity index (χ4v) is 1.84. The summed E-state index contributed by atoms with van der Waals surface area (Å²) in [5.41, 5.74) is -0.855. The average Bonchev–Trinajstić information content (AvgIpc) is 2.59. The molecule has 1 aromatic heterocycles. The minimum atomic E-state index is -0.862. The van der Waals surface area contributed by atoms with E-state index in [1.165, 1.54) is 17.2 Å². The number of β-amino-alcohol motifs (C(OH)–C–C–N with tert-alkyl or cyclic N) is 1. The lowest BCUT2D eigenvalue weighted by Gasteiger charge is -2.19. The lowest BCUT2D eigenvalue weighted by molar-refractivity contribution is 0.0569. The van der Waals surface area contributed by atoms with Gasteiger partial charge in [0.1, 0.15) is 0 Å². The van der Waals surface area contributed by atoms with Crippen LogP contribution in [0, 0.1) is 5.82 Å². The van der Waals surface area contributed by atoms with Gasteiger partial charge in [0.05, 0.1) is 17.4 Å². The summed E-state index contributed by atoms with van der Waals surface area (Å²) < 4.78 is 13.3. The number of rotatable bonds is 1. The molecule has 1 aliphatic heterocycles. The van der Waals surface area contributed by atoms with E-state index in [-0.39, 0.29) is 12.1 Å². The first kappa shape index (κ1) is 11.0. The summed E-state index contributed by atoms with van der Waals surface area (Å²) in [6.45, 7) is 2.37. The van der Waals surface area contributed by atoms with Crippen molar-refractivity contribution >= 4 is 5.91 Å². The van der Waals surface area contributed by atoms with Crippen LogP contribution in [0.4, 0.5) is 4.39 Å². The lowest BCUT2D eigenvalue weighted by atomic mass is 10.1. The summed E-state index contributed by atoms with van der Waals surface area (Å²) in [6, 6.07) is 1.35. The summed E-state index contributed by atoms with van der Waals surface area (Å²) in [7, 11) is 0. The number of hydrogen-bond acceptors (Lipinski definition) is 3. The van der Waals surface area contributed by atoms with E-state index in [1.807, 2.05) is 0 Å². The van der Waals surface area contributed by atoms with E-state index in [2.05, 4.69) is 4.98 Å². The van der Waals surface area contributed by atoms with Gasteiger partial charge in [-0.25, -0.2) is 4.39 Å². The van der Waals surface area contributed by atoms with Crippen molar-refractivity contribution in [3.8, 4) is 0 Å². The molecule has 1 amide bonds. The summed E-state index contributed by atoms with van der Waals surface area (Å²) >= 11 is 0. The molecule has 0 aliphatic carbocycles. The molecule has 0 spiro atoms. The number of carbonyl (C=O) groups is 1. The molecule has 1 unspecified atom stereocenters. The van der Waals surface area contributed by atoms with Gasteiger partial charge in [0, 0.05) is 19.3 Å². The van der Waals surface area contributed by atoms with Gasteiger partial charge in [0.2, 0.25) is 0 Å². The molecule has 0 bridgehead atoms. The predicted molar refractivity (Wildman–Crippen MR) is 55.3 cm³/mol. The fraction of sp³-hybridized carbons (Fsp3) is 0.455. The predicted octanol–water partition coefficient (Wildman–Crippen LogP) is 0.818. The fourth-order valence-electron chi connectivity index (χ4n) is 1.84. The van der Waals surface area contributed by atoms with Crippen LogP contribution in [0.25, 0.3) is 0 Å². The van der Waals surface area contributed by atoms with Crippen molar-refractivity contribution < 1.29 is 14.3 Å². The third-order valence-corrected chi connectivity index (χ3v) is 2.74. The van der Waals surface area contributed by atoms with Gasteiger partial charge in [0.25, 0.3) is 5.91 Å². The Labute approximate surface area is 92.7 Å². The molecule has 0 saturated carbocycles. The molecule has 4 nitrogen and oxygen atoms in total. The molecule has 5 heteroatoms. The molecule has 1 aliphatic rings. The molecule has 1 N–H and O–H groups in total. The number of carbonyl (C=O) groups excluding carboxylic acids is 1. The van der Waals surface area contributed by atoms with E-state index in [1.54, 1.807) is 6.92 Å². The lowest BCUT2D eigenvalue weighted by Crippen LogP contribution is -2.34. The monoisotopic (exact) mass is 224 g/mol. The van der Waals surface area contributed by atoms with Gasteiger partial charge in [-0.3, -0.25) is 9.78 Å². The number of halogens is 1. The maximum Gasteiger partial charge on any atom is 0.257 e. The highest BCUT2D eigenvalue weighted by Gasteiger charge is 2.34. The highest BCUT2D eigenvalue weighted by atomic mass is 19.1. The van der Waals surface area contributed by atoms with Crippen molar-refractivity contribution in [2.45, 2.75) is 18.9 Å². The second kappa shape index (κ2) is 3.83. The molecule has 1 fully saturated rings. The van der Waals surface area contributed by atoms with E-state index in [9.17, 15) is 14.3 Å². The van der Waals surface area contributed by atoms with Gasteiger partial charge < -0.3 is 10.0 Å². The summed E-state index contributed by atoms with van der Waals surface area (Å²) in [5.74, 6) is -1.02. The summed E-state index contributed by atoms with van der Waals surface area (Å²) in [6.07, 6.45) is 2.91. The molecule has 0 aromatic carbocycles. The topological polar surface area (TPSA) is 53.4 Å². The van der Waals surface area contributed by atoms with E-state index >= 15 is 0 Å². The van der Waals surface area contributed by atoms with Gasteiger partial charge in [-0.05, 0) is 19.4 Å². The minimum Gasteiger partial charge on any atom is -0.388 e. The molecular weight excluding hydrogens is 211 g/mol. The third-order valence-electron chi connectivity index (χ3n) is 2.74. The molecular formula is C11H13FN2O2. The maximum atomic E-state index is 13.3. The quantitative estimate of drug-likeness (QED) is 0.768. The SMILES string of the molecule is CC1(O)CCN(C(=O)c2ccncc2F)C1. The molecule has 16 heavy (non-hydrogen) atoms. The van der Waals surface area contributed by atoms with Gasteiger partial charge in [0.15, 0.2) is 5.82 Å². The zero-order chi connectivity index (χ0) is 11.8. The van der Waals surface area contributed by atoms with Crippen LogP contribution in [0.3, 0.4) is 0 Å². The second-order valence-electron chi connectivity index (χ2n) is 4.33. The first-order valence-corrected chi connectivity index (χ1v) is 5.11. The Morgan fingerprint density at radius 1 is 1.69 bits per heavy atom. The number of hydrogen-bond donors (Lipinski definition) is 1. The van der Waals surface area contributed by atoms with Gasteiger partial charge in [-0.15, -0.1) is 0 Å². The van der Waals surface area contributed by atoms with Gasteiger partial charge in [-0.2, -0.15) is 0 Å². The number of amides is 1. The van der Waals surface area contributed by atoms with E-state index < -0.39 is 17.3 Å². The van der Waals surface area contributed by atoms with Gasteiger partial charge >= 0.3 is 0 Å². The van der Waals surface area contributed by atoms with Crippen molar-refractivity contribution in [2.75, 3.05) is 13.1 Å². The molecule has 2 rings (SSSR count). The smallest absolute Gasteiger partial charge is 0.257 e. The minimum absolute atomic E-state index is 0.00713. The summed E-state index contributed by atoms with van der Waals surface area (Å²) in [4.78, 5) is 16.9. The largest absolute Gasteiger partial charge is 0.388 e. The number of pyridine rings is 1. The van der Waals surface area contributed by atoms with Crippen molar-refractivity contribution in [2.24, 2.45) is 0 Å². The van der Waals surface area contributed by atoms with Crippen molar-refractivity contribution in [3.63, 3.8) is 0 Å². The van der Waals surface area contributed by atoms with Crippen LogP contribution in [-0.2, 0) is 0 Å². The van der Waals surface area contributed by atoms with Crippen molar-refractivity contribution in [3.05, 3.63) is 29.8 Å². The zero-order valence-corrected chi connectivity index (χ0v) is 8.98. The standard InChI is InChI=1S/C11H13FN2O2/c1-11(16)3-5-14(7-11)10(15)8-2-4-13-6-9(8)12/h2,4,6,16H,3,5,7H2,1H3. The third kappa shape index (κ3) is 2.04. The Hall–Kier alpha value is -1.49. The highest BCUT2D eigenvalue weighted by molar-refractivity contribution is 5.94. The van der Waals surface area contributed by atoms with Crippen molar-refractivity contribution in [1.29, 1.82) is 0 Å². The van der Waals surface area contributed by atoms with E-state index in [4.69, 9.17) is 0 Å². The molecule has 1 aromatic rings. The average molecular weight is 224 g/mol. The molecule has 1 atom stereocenters. The Kier molecular flexibility index (Phi) is 2.63. The first-order chi connectivity index (χ1) is 7.49. The molecule has 1 saturated heterocycles. The first-order valence-electron chi connectivity index (χ1n) is 5.11. The number of aliphatic hydroxyl groups is 1. The number of likely N-dealkylation sites (tertiary alicyclic amines) is 1. The molecule has 86 valence electrons. The van der Waals surface area contributed by atoms with Crippen molar-refractivity contribution in [1.82, 2.24) is 9.88 Å². The van der Waals surface area contributed by atoms with Crippen LogP contribution in [0.2, 0.25) is 0 Å². The zero-order valence-electron chi connectivity index (χ0n) is 8.98. The summed E-state index contributed by atoms with van der Waals surface area (Å²) in [5, 5.41) is 9.73. The Morgan fingerprint density at radius 3 is 3.00 bits per heavy atom. The number of nitrogens with zero attached hydrogens (tertiary/aromatic N) is 2. The van der Waals surface area contributed by atoms with Gasteiger partial charge in [-0.1, -0.05) is 0 Å². The Balaban J connectivity index is 2.18. The molecule has 0 radical (unpaired) electrons. The normalized spacial score (nSPS) is 24.8. The van der Waals surface area contributed by atoms with Crippen LogP contribution < -0.4 is 0 Å². The van der Waals surface area contributed by atoms with Crippen LogP contribution in [0.1, 0.15) is 23.7 Å². The Morgan fingerprint density at radius 2 is 2.44 bits per heavy atom. The Bertz CT molecular complexity index is 420. The number of aromatic nitrogens is 1. The highest BCUT2D eigenvalue weighted by Crippen LogP contribution is 2.22. The van der Waals surface area contributed by atoms with E-state index in [0.717, 1.165) is 6.20 Å². The van der Waals surface area contributed by atoms with Crippen LogP contribution in [0.15, 0.2) is 18.5 Å². The van der Waals surface area contributed by atoms with E-state index in [0.29, 0.717) is 13.0 Å².